The summed E-state index contributed by atoms with van der Waals surface area (Å²) in [7, 11) is 0. The smallest absolute Gasteiger partial charge is 0.407 e. The summed E-state index contributed by atoms with van der Waals surface area (Å²) < 4.78 is 5.53. The van der Waals surface area contributed by atoms with Crippen LogP contribution in [-0.4, -0.2) is 29.2 Å². The van der Waals surface area contributed by atoms with Crippen LogP contribution in [0.2, 0.25) is 0 Å². The molecule has 1 atom stereocenters. The number of rotatable bonds is 7. The molecule has 0 bridgehead atoms. The van der Waals surface area contributed by atoms with E-state index in [1.165, 1.54) is 23.5 Å². The van der Waals surface area contributed by atoms with Crippen molar-refractivity contribution in [1.29, 1.82) is 0 Å². The lowest BCUT2D eigenvalue weighted by atomic mass is 10.00. The zero-order chi connectivity index (χ0) is 19.0. The highest BCUT2D eigenvalue weighted by Crippen LogP contribution is 2.53. The Labute approximate surface area is 167 Å². The van der Waals surface area contributed by atoms with Crippen LogP contribution < -0.4 is 5.32 Å². The van der Waals surface area contributed by atoms with E-state index < -0.39 is 5.60 Å². The van der Waals surface area contributed by atoms with Gasteiger partial charge in [-0.2, -0.15) is 0 Å². The van der Waals surface area contributed by atoms with E-state index in [9.17, 15) is 4.79 Å². The molecule has 146 valence electrons. The molecular weight excluding hydrogens is 362 g/mol. The number of hydrogen-bond donors (Lipinski definition) is 1. The predicted octanol–water partition coefficient (Wildman–Crippen LogP) is 6.18. The van der Waals surface area contributed by atoms with Crippen molar-refractivity contribution < 1.29 is 9.53 Å². The molecule has 1 N–H and O–H groups in total. The fourth-order valence-corrected chi connectivity index (χ4v) is 6.64. The van der Waals surface area contributed by atoms with Crippen molar-refractivity contribution in [2.24, 2.45) is 0 Å². The lowest BCUT2D eigenvalue weighted by Crippen LogP contribution is -2.42. The Morgan fingerprint density at radius 1 is 1.23 bits per heavy atom. The highest BCUT2D eigenvalue weighted by molar-refractivity contribution is 8.18. The largest absolute Gasteiger partial charge is 0.444 e. The number of unbranched alkanes of at least 4 members (excludes halogenated alkanes) is 1. The van der Waals surface area contributed by atoms with E-state index in [4.69, 9.17) is 4.74 Å². The number of ether oxygens (including phenoxy) is 1. The number of carbonyl (C=O) groups is 1. The van der Waals surface area contributed by atoms with Gasteiger partial charge in [0.2, 0.25) is 0 Å². The number of thioether (sulfide) groups is 2. The third-order valence-electron chi connectivity index (χ3n) is 4.31. The Hall–Kier alpha value is -0.810. The second-order valence-electron chi connectivity index (χ2n) is 7.86. The van der Waals surface area contributed by atoms with Crippen LogP contribution in [0.25, 0.3) is 0 Å². The number of carbonyl (C=O) groups excluding carboxylic acids is 1. The minimum absolute atomic E-state index is 0.0208. The van der Waals surface area contributed by atoms with E-state index in [0.29, 0.717) is 0 Å². The third-order valence-corrected chi connectivity index (χ3v) is 7.74. The summed E-state index contributed by atoms with van der Waals surface area (Å²) >= 11 is 4.07. The van der Waals surface area contributed by atoms with Gasteiger partial charge in [0.1, 0.15) is 5.60 Å². The summed E-state index contributed by atoms with van der Waals surface area (Å²) in [6.45, 7) is 7.92. The van der Waals surface area contributed by atoms with Crippen LogP contribution in [0.5, 0.6) is 0 Å². The summed E-state index contributed by atoms with van der Waals surface area (Å²) in [5.41, 5.74) is 0.896. The molecule has 2 rings (SSSR count). The van der Waals surface area contributed by atoms with Gasteiger partial charge in [-0.3, -0.25) is 0 Å². The van der Waals surface area contributed by atoms with Crippen LogP contribution in [0.3, 0.4) is 0 Å². The number of benzene rings is 1. The van der Waals surface area contributed by atoms with E-state index in [2.05, 4.69) is 42.6 Å². The standard InChI is InChI=1S/C21H33NO2S2/c1-5-6-13-18(22-19(23)24-20(2,3)4)16-21(25-14-10-15-26-21)17-11-8-7-9-12-17/h7-9,11-12,18H,5-6,10,13-16H2,1-4H3,(H,22,23)/t18-/m0/s1. The van der Waals surface area contributed by atoms with Crippen molar-refractivity contribution >= 4 is 29.6 Å². The van der Waals surface area contributed by atoms with E-state index >= 15 is 0 Å². The summed E-state index contributed by atoms with van der Waals surface area (Å²) in [4.78, 5) is 12.4. The Morgan fingerprint density at radius 3 is 2.46 bits per heavy atom. The van der Waals surface area contributed by atoms with Crippen molar-refractivity contribution in [2.45, 2.75) is 75.5 Å². The maximum absolute atomic E-state index is 12.4. The zero-order valence-corrected chi connectivity index (χ0v) is 18.2. The van der Waals surface area contributed by atoms with Crippen molar-refractivity contribution in [1.82, 2.24) is 5.32 Å². The lowest BCUT2D eigenvalue weighted by Gasteiger charge is -2.39. The molecule has 5 heteroatoms. The maximum Gasteiger partial charge on any atom is 0.407 e. The molecule has 1 aromatic carbocycles. The Morgan fingerprint density at radius 2 is 1.88 bits per heavy atom. The highest BCUT2D eigenvalue weighted by Gasteiger charge is 2.38. The Balaban J connectivity index is 2.15. The van der Waals surface area contributed by atoms with Gasteiger partial charge in [0.05, 0.1) is 4.08 Å². The maximum atomic E-state index is 12.4. The minimum atomic E-state index is -0.467. The second-order valence-corrected chi connectivity index (χ2v) is 10.9. The first-order valence-electron chi connectivity index (χ1n) is 9.67. The average molecular weight is 396 g/mol. The summed E-state index contributed by atoms with van der Waals surface area (Å²) in [5, 5.41) is 3.16. The van der Waals surface area contributed by atoms with Gasteiger partial charge in [-0.25, -0.2) is 4.79 Å². The van der Waals surface area contributed by atoms with Crippen LogP contribution in [0.1, 0.15) is 65.4 Å². The summed E-state index contributed by atoms with van der Waals surface area (Å²) in [5.74, 6) is 2.35. The van der Waals surface area contributed by atoms with E-state index in [1.54, 1.807) is 0 Å². The van der Waals surface area contributed by atoms with Crippen LogP contribution in [-0.2, 0) is 8.82 Å². The molecule has 1 heterocycles. The van der Waals surface area contributed by atoms with Gasteiger partial charge in [0.25, 0.3) is 0 Å². The van der Waals surface area contributed by atoms with E-state index in [-0.39, 0.29) is 16.2 Å². The minimum Gasteiger partial charge on any atom is -0.444 e. The number of alkyl carbamates (subject to hydrolysis) is 1. The fraction of sp³-hybridized carbons (Fsp3) is 0.667. The van der Waals surface area contributed by atoms with Crippen LogP contribution in [0.4, 0.5) is 4.79 Å². The van der Waals surface area contributed by atoms with Gasteiger partial charge in [0.15, 0.2) is 0 Å². The molecule has 26 heavy (non-hydrogen) atoms. The number of nitrogens with one attached hydrogen (secondary N) is 1. The SMILES string of the molecule is CCCC[C@@H](CC1(c2ccccc2)SCCCS1)NC(=O)OC(C)(C)C. The molecule has 0 spiro atoms. The molecule has 0 unspecified atom stereocenters. The zero-order valence-electron chi connectivity index (χ0n) is 16.5. The second kappa shape index (κ2) is 9.93. The average Bonchev–Trinajstić information content (AvgIpc) is 2.59. The van der Waals surface area contributed by atoms with Gasteiger partial charge in [-0.1, -0.05) is 50.1 Å². The van der Waals surface area contributed by atoms with Crippen LogP contribution >= 0.6 is 23.5 Å². The van der Waals surface area contributed by atoms with Crippen molar-refractivity contribution in [3.05, 3.63) is 35.9 Å². The Bertz CT molecular complexity index is 551. The van der Waals surface area contributed by atoms with Gasteiger partial charge in [0, 0.05) is 6.04 Å². The number of hydrogen-bond acceptors (Lipinski definition) is 4. The first-order chi connectivity index (χ1) is 12.3. The molecule has 0 saturated carbocycles. The molecule has 1 amide bonds. The molecule has 0 aliphatic carbocycles. The lowest BCUT2D eigenvalue weighted by molar-refractivity contribution is 0.0497. The number of amides is 1. The molecule has 1 aliphatic rings. The van der Waals surface area contributed by atoms with Crippen LogP contribution in [0, 0.1) is 0 Å². The molecule has 1 aromatic rings. The third kappa shape index (κ3) is 6.73. The molecule has 0 radical (unpaired) electrons. The monoisotopic (exact) mass is 395 g/mol. The van der Waals surface area contributed by atoms with Crippen molar-refractivity contribution in [3.63, 3.8) is 0 Å². The fourth-order valence-electron chi connectivity index (χ4n) is 3.14. The first-order valence-corrected chi connectivity index (χ1v) is 11.6. The molecule has 1 fully saturated rings. The molecular formula is C21H33NO2S2. The van der Waals surface area contributed by atoms with Crippen molar-refractivity contribution in [3.8, 4) is 0 Å². The highest BCUT2D eigenvalue weighted by atomic mass is 32.2. The topological polar surface area (TPSA) is 38.3 Å². The first kappa shape index (κ1) is 21.5. The molecule has 1 saturated heterocycles. The quantitative estimate of drug-likeness (QED) is 0.598. The molecule has 0 aromatic heterocycles. The molecule has 3 nitrogen and oxygen atoms in total. The Kier molecular flexibility index (Phi) is 8.21. The van der Waals surface area contributed by atoms with Gasteiger partial charge >= 0.3 is 6.09 Å². The van der Waals surface area contributed by atoms with Gasteiger partial charge < -0.3 is 10.1 Å². The van der Waals surface area contributed by atoms with Crippen molar-refractivity contribution in [2.75, 3.05) is 11.5 Å². The van der Waals surface area contributed by atoms with E-state index in [0.717, 1.165) is 25.7 Å². The predicted molar refractivity (Wildman–Crippen MR) is 115 cm³/mol. The molecule has 1 aliphatic heterocycles. The summed E-state index contributed by atoms with van der Waals surface area (Å²) in [6.07, 6.45) is 5.12. The normalized spacial score (nSPS) is 18.2. The van der Waals surface area contributed by atoms with E-state index in [1.807, 2.05) is 44.3 Å². The van der Waals surface area contributed by atoms with Crippen LogP contribution in [0.15, 0.2) is 30.3 Å². The summed E-state index contributed by atoms with van der Waals surface area (Å²) in [6, 6.07) is 10.9. The van der Waals surface area contributed by atoms with Gasteiger partial charge in [-0.05, 0) is 57.1 Å². The van der Waals surface area contributed by atoms with Gasteiger partial charge in [-0.15, -0.1) is 23.5 Å².